The molecule has 0 spiro atoms. The number of aromatic nitrogens is 2. The van der Waals surface area contributed by atoms with Gasteiger partial charge in [-0.2, -0.15) is 0 Å². The smallest absolute Gasteiger partial charge is 0.165 e. The van der Waals surface area contributed by atoms with Crippen molar-refractivity contribution < 1.29 is 4.74 Å². The van der Waals surface area contributed by atoms with Gasteiger partial charge in [0.1, 0.15) is 11.6 Å². The Hall–Kier alpha value is -1.08. The summed E-state index contributed by atoms with van der Waals surface area (Å²) in [6, 6.07) is 5.36. The number of nitrogen functional groups attached to an aromatic ring is 1. The number of benzene rings is 1. The molecule has 0 unspecified atom stereocenters. The predicted octanol–water partition coefficient (Wildman–Crippen LogP) is 4.12. The van der Waals surface area contributed by atoms with Gasteiger partial charge < -0.3 is 10.5 Å². The quantitative estimate of drug-likeness (QED) is 0.783. The van der Waals surface area contributed by atoms with Crippen LogP contribution in [0.1, 0.15) is 25.5 Å². The summed E-state index contributed by atoms with van der Waals surface area (Å²) in [6.07, 6.45) is 0. The van der Waals surface area contributed by atoms with Gasteiger partial charge in [0, 0.05) is 5.02 Å². The van der Waals surface area contributed by atoms with Crippen molar-refractivity contribution in [2.75, 3.05) is 12.8 Å². The Morgan fingerprint density at radius 2 is 2.00 bits per heavy atom. The molecule has 20 heavy (non-hydrogen) atoms. The molecule has 2 aromatic rings. The van der Waals surface area contributed by atoms with Crippen molar-refractivity contribution in [1.82, 2.24) is 9.97 Å². The average molecular weight is 404 g/mol. The van der Waals surface area contributed by atoms with Crippen LogP contribution in [-0.4, -0.2) is 17.1 Å². The van der Waals surface area contributed by atoms with Crippen LogP contribution in [-0.2, 0) is 0 Å². The van der Waals surface area contributed by atoms with E-state index in [4.69, 9.17) is 22.1 Å². The topological polar surface area (TPSA) is 61.0 Å². The molecule has 0 amide bonds. The van der Waals surface area contributed by atoms with Crippen LogP contribution < -0.4 is 10.5 Å². The molecule has 0 saturated carbocycles. The maximum atomic E-state index is 5.99. The molecule has 2 N–H and O–H groups in total. The summed E-state index contributed by atoms with van der Waals surface area (Å²) >= 11 is 8.15. The fourth-order valence-corrected chi connectivity index (χ4v) is 2.86. The third kappa shape index (κ3) is 2.98. The molecular formula is C14H15ClIN3O. The van der Waals surface area contributed by atoms with Gasteiger partial charge in [-0.15, -0.1) is 0 Å². The lowest BCUT2D eigenvalue weighted by Crippen LogP contribution is -2.06. The number of nitrogens with zero attached hydrogens (tertiary/aromatic N) is 2. The van der Waals surface area contributed by atoms with Crippen molar-refractivity contribution in [3.63, 3.8) is 0 Å². The molecular weight excluding hydrogens is 389 g/mol. The summed E-state index contributed by atoms with van der Waals surface area (Å²) in [5.74, 6) is 1.94. The van der Waals surface area contributed by atoms with Gasteiger partial charge in [-0.25, -0.2) is 9.97 Å². The molecule has 0 aliphatic carbocycles. The molecule has 0 bridgehead atoms. The predicted molar refractivity (Wildman–Crippen MR) is 90.2 cm³/mol. The molecule has 0 radical (unpaired) electrons. The maximum Gasteiger partial charge on any atom is 0.165 e. The van der Waals surface area contributed by atoms with E-state index in [0.29, 0.717) is 22.4 Å². The third-order valence-corrected chi connectivity index (χ3v) is 4.19. The zero-order valence-electron chi connectivity index (χ0n) is 11.4. The first-order chi connectivity index (χ1) is 9.43. The van der Waals surface area contributed by atoms with Gasteiger partial charge in [-0.3, -0.25) is 0 Å². The Labute approximate surface area is 136 Å². The first kappa shape index (κ1) is 15.3. The van der Waals surface area contributed by atoms with E-state index in [0.717, 1.165) is 14.8 Å². The Bertz CT molecular complexity index is 647. The van der Waals surface area contributed by atoms with Gasteiger partial charge in [0.15, 0.2) is 5.82 Å². The number of methoxy groups -OCH3 is 1. The highest BCUT2D eigenvalue weighted by Crippen LogP contribution is 2.33. The van der Waals surface area contributed by atoms with Crippen molar-refractivity contribution in [2.24, 2.45) is 0 Å². The minimum absolute atomic E-state index is 0.268. The van der Waals surface area contributed by atoms with Gasteiger partial charge in [0.2, 0.25) is 0 Å². The zero-order valence-corrected chi connectivity index (χ0v) is 14.4. The normalized spacial score (nSPS) is 10.9. The summed E-state index contributed by atoms with van der Waals surface area (Å²) in [7, 11) is 1.59. The van der Waals surface area contributed by atoms with Crippen LogP contribution in [0.5, 0.6) is 5.75 Å². The van der Waals surface area contributed by atoms with Gasteiger partial charge in [-0.05, 0) is 46.7 Å². The van der Waals surface area contributed by atoms with Crippen LogP contribution in [0.25, 0.3) is 11.4 Å². The minimum atomic E-state index is 0.268. The van der Waals surface area contributed by atoms with Gasteiger partial charge in [0.05, 0.1) is 21.9 Å². The third-order valence-electron chi connectivity index (χ3n) is 2.85. The molecule has 106 valence electrons. The Morgan fingerprint density at radius 1 is 1.30 bits per heavy atom. The van der Waals surface area contributed by atoms with Crippen molar-refractivity contribution in [2.45, 2.75) is 19.8 Å². The number of rotatable bonds is 3. The average Bonchev–Trinajstić information content (AvgIpc) is 2.41. The highest BCUT2D eigenvalue weighted by Gasteiger charge is 2.16. The van der Waals surface area contributed by atoms with Crippen molar-refractivity contribution in [1.29, 1.82) is 0 Å². The van der Waals surface area contributed by atoms with E-state index in [1.165, 1.54) is 0 Å². The zero-order chi connectivity index (χ0) is 14.9. The molecule has 1 heterocycles. The van der Waals surface area contributed by atoms with Crippen LogP contribution in [0.2, 0.25) is 5.02 Å². The maximum absolute atomic E-state index is 5.99. The molecule has 0 fully saturated rings. The second-order valence-electron chi connectivity index (χ2n) is 4.63. The Kier molecular flexibility index (Phi) is 4.70. The number of ether oxygens (including phenoxy) is 1. The van der Waals surface area contributed by atoms with Crippen molar-refractivity contribution in [3.05, 3.63) is 32.5 Å². The number of anilines is 1. The van der Waals surface area contributed by atoms with E-state index in [1.54, 1.807) is 19.2 Å². The van der Waals surface area contributed by atoms with Gasteiger partial charge in [-0.1, -0.05) is 25.4 Å². The monoisotopic (exact) mass is 403 g/mol. The molecule has 1 aromatic carbocycles. The lowest BCUT2D eigenvalue weighted by Gasteiger charge is -2.13. The SMILES string of the molecule is COc1cc(Cl)ccc1-c1nc(N)c(I)c(C(C)C)n1. The van der Waals surface area contributed by atoms with E-state index in [-0.39, 0.29) is 5.92 Å². The van der Waals surface area contributed by atoms with Crippen LogP contribution in [0.3, 0.4) is 0 Å². The lowest BCUT2D eigenvalue weighted by molar-refractivity contribution is 0.416. The van der Waals surface area contributed by atoms with E-state index < -0.39 is 0 Å². The molecule has 6 heteroatoms. The molecule has 0 aliphatic rings. The molecule has 0 saturated heterocycles. The van der Waals surface area contributed by atoms with Crippen LogP contribution in [0, 0.1) is 3.57 Å². The molecule has 1 aromatic heterocycles. The van der Waals surface area contributed by atoms with Crippen LogP contribution in [0.4, 0.5) is 5.82 Å². The molecule has 4 nitrogen and oxygen atoms in total. The van der Waals surface area contributed by atoms with E-state index in [1.807, 2.05) is 6.07 Å². The van der Waals surface area contributed by atoms with Crippen molar-refractivity contribution >= 4 is 40.0 Å². The van der Waals surface area contributed by atoms with Gasteiger partial charge >= 0.3 is 0 Å². The number of halogens is 2. The molecule has 0 atom stereocenters. The second kappa shape index (κ2) is 6.13. The first-order valence-electron chi connectivity index (χ1n) is 6.10. The summed E-state index contributed by atoms with van der Waals surface area (Å²) in [5, 5.41) is 0.605. The summed E-state index contributed by atoms with van der Waals surface area (Å²) < 4.78 is 6.24. The fraction of sp³-hybridized carbons (Fsp3) is 0.286. The number of nitrogens with two attached hydrogens (primary N) is 1. The van der Waals surface area contributed by atoms with Crippen LogP contribution >= 0.6 is 34.2 Å². The number of hydrogen-bond acceptors (Lipinski definition) is 4. The van der Waals surface area contributed by atoms with Crippen molar-refractivity contribution in [3.8, 4) is 17.1 Å². The van der Waals surface area contributed by atoms with Crippen LogP contribution in [0.15, 0.2) is 18.2 Å². The van der Waals surface area contributed by atoms with E-state index >= 15 is 0 Å². The summed E-state index contributed by atoms with van der Waals surface area (Å²) in [5.41, 5.74) is 7.71. The van der Waals surface area contributed by atoms with Gasteiger partial charge in [0.25, 0.3) is 0 Å². The molecule has 0 aliphatic heterocycles. The van der Waals surface area contributed by atoms with E-state index in [9.17, 15) is 0 Å². The Balaban J connectivity index is 2.64. The number of hydrogen-bond donors (Lipinski definition) is 1. The van der Waals surface area contributed by atoms with E-state index in [2.05, 4.69) is 46.4 Å². The summed E-state index contributed by atoms with van der Waals surface area (Å²) in [4.78, 5) is 8.98. The lowest BCUT2D eigenvalue weighted by atomic mass is 10.1. The molecule has 2 rings (SSSR count). The standard InChI is InChI=1S/C14H15ClIN3O/c1-7(2)12-11(16)13(17)19-14(18-12)9-5-4-8(15)6-10(9)20-3/h4-7H,1-3H3,(H2,17,18,19). The second-order valence-corrected chi connectivity index (χ2v) is 6.15. The largest absolute Gasteiger partial charge is 0.496 e. The highest BCUT2D eigenvalue weighted by molar-refractivity contribution is 14.1. The fourth-order valence-electron chi connectivity index (χ4n) is 1.84. The first-order valence-corrected chi connectivity index (χ1v) is 7.56. The Morgan fingerprint density at radius 3 is 2.60 bits per heavy atom. The summed E-state index contributed by atoms with van der Waals surface area (Å²) in [6.45, 7) is 4.15. The minimum Gasteiger partial charge on any atom is -0.496 e. The highest BCUT2D eigenvalue weighted by atomic mass is 127.